The van der Waals surface area contributed by atoms with Crippen molar-refractivity contribution in [1.29, 1.82) is 0 Å². The van der Waals surface area contributed by atoms with E-state index < -0.39 is 13.1 Å². The number of nitrogen functional groups attached to an aromatic ring is 1. The molecule has 66 valence electrons. The fraction of sp³-hybridized carbons (Fsp3) is 0.286. The first-order valence-electron chi connectivity index (χ1n) is 3.23. The Kier molecular flexibility index (Phi) is 2.52. The van der Waals surface area contributed by atoms with Crippen LogP contribution in [0.15, 0.2) is 12.3 Å². The lowest BCUT2D eigenvalue weighted by Crippen LogP contribution is -1.98. The normalized spacial score (nSPS) is 10.7. The molecule has 5 heteroatoms. The summed E-state index contributed by atoms with van der Waals surface area (Å²) in [5.41, 5.74) is 4.91. The van der Waals surface area contributed by atoms with Crippen LogP contribution in [-0.4, -0.2) is 4.98 Å². The molecule has 0 aliphatic carbocycles. The van der Waals surface area contributed by atoms with Gasteiger partial charge in [0.1, 0.15) is 6.67 Å². The Hall–Kier alpha value is -1.26. The summed E-state index contributed by atoms with van der Waals surface area (Å²) in [6, 6.07) is 1.03. The molecule has 1 rings (SSSR count). The van der Waals surface area contributed by atoms with Gasteiger partial charge in [0, 0.05) is 11.8 Å². The van der Waals surface area contributed by atoms with Gasteiger partial charge in [-0.05, 0) is 6.07 Å². The summed E-state index contributed by atoms with van der Waals surface area (Å²) in [5, 5.41) is 0. The van der Waals surface area contributed by atoms with Gasteiger partial charge >= 0.3 is 0 Å². The number of aromatic nitrogens is 1. The van der Waals surface area contributed by atoms with Crippen LogP contribution in [0.5, 0.6) is 0 Å². The number of hydrogen-bond acceptors (Lipinski definition) is 2. The highest BCUT2D eigenvalue weighted by Crippen LogP contribution is 2.21. The SMILES string of the molecule is Nc1cc(C(F)F)cnc1CF. The second kappa shape index (κ2) is 3.42. The van der Waals surface area contributed by atoms with Gasteiger partial charge in [0.05, 0.1) is 11.4 Å². The first-order chi connectivity index (χ1) is 5.65. The van der Waals surface area contributed by atoms with Crippen LogP contribution in [-0.2, 0) is 6.67 Å². The quantitative estimate of drug-likeness (QED) is 0.749. The minimum Gasteiger partial charge on any atom is -0.397 e. The van der Waals surface area contributed by atoms with E-state index in [1.54, 1.807) is 0 Å². The van der Waals surface area contributed by atoms with Crippen LogP contribution >= 0.6 is 0 Å². The van der Waals surface area contributed by atoms with Crippen LogP contribution in [0.4, 0.5) is 18.9 Å². The van der Waals surface area contributed by atoms with Crippen LogP contribution < -0.4 is 5.73 Å². The number of rotatable bonds is 2. The molecule has 2 N–H and O–H groups in total. The third kappa shape index (κ3) is 1.66. The number of anilines is 1. The highest BCUT2D eigenvalue weighted by molar-refractivity contribution is 5.44. The Balaban J connectivity index is 3.02. The summed E-state index contributed by atoms with van der Waals surface area (Å²) in [7, 11) is 0. The molecular weight excluding hydrogens is 169 g/mol. The van der Waals surface area contributed by atoms with Crippen LogP contribution in [0.2, 0.25) is 0 Å². The molecule has 0 aliphatic rings. The van der Waals surface area contributed by atoms with E-state index in [9.17, 15) is 13.2 Å². The molecule has 12 heavy (non-hydrogen) atoms. The van der Waals surface area contributed by atoms with E-state index in [0.29, 0.717) is 0 Å². The minimum atomic E-state index is -2.62. The zero-order valence-corrected chi connectivity index (χ0v) is 6.10. The van der Waals surface area contributed by atoms with Crippen molar-refractivity contribution in [2.75, 3.05) is 5.73 Å². The van der Waals surface area contributed by atoms with Crippen LogP contribution in [0.3, 0.4) is 0 Å². The van der Waals surface area contributed by atoms with E-state index in [1.165, 1.54) is 0 Å². The van der Waals surface area contributed by atoms with E-state index in [4.69, 9.17) is 5.73 Å². The Labute approximate surface area is 67.2 Å². The van der Waals surface area contributed by atoms with Gasteiger partial charge < -0.3 is 5.73 Å². The second-order valence-electron chi connectivity index (χ2n) is 2.24. The molecule has 0 bridgehead atoms. The van der Waals surface area contributed by atoms with Crippen molar-refractivity contribution in [3.63, 3.8) is 0 Å². The second-order valence-corrected chi connectivity index (χ2v) is 2.24. The van der Waals surface area contributed by atoms with Gasteiger partial charge in [0.2, 0.25) is 0 Å². The lowest BCUT2D eigenvalue weighted by molar-refractivity contribution is 0.151. The van der Waals surface area contributed by atoms with E-state index in [2.05, 4.69) is 4.98 Å². The maximum absolute atomic E-state index is 12.0. The van der Waals surface area contributed by atoms with Gasteiger partial charge in [-0.25, -0.2) is 13.2 Å². The van der Waals surface area contributed by atoms with E-state index in [-0.39, 0.29) is 16.9 Å². The van der Waals surface area contributed by atoms with Crippen molar-refractivity contribution in [3.8, 4) is 0 Å². The molecule has 0 aliphatic heterocycles. The minimum absolute atomic E-state index is 0.000556. The van der Waals surface area contributed by atoms with E-state index >= 15 is 0 Å². The molecule has 0 aromatic carbocycles. The predicted molar refractivity (Wildman–Crippen MR) is 38.4 cm³/mol. The van der Waals surface area contributed by atoms with Crippen molar-refractivity contribution >= 4 is 5.69 Å². The topological polar surface area (TPSA) is 38.9 Å². The summed E-state index contributed by atoms with van der Waals surface area (Å²) in [6.45, 7) is -0.838. The molecule has 0 unspecified atom stereocenters. The Morgan fingerprint density at radius 3 is 2.58 bits per heavy atom. The summed E-state index contributed by atoms with van der Waals surface area (Å²) in [6.07, 6.45) is -1.69. The zero-order valence-electron chi connectivity index (χ0n) is 6.10. The average molecular weight is 176 g/mol. The lowest BCUT2D eigenvalue weighted by atomic mass is 10.2. The maximum Gasteiger partial charge on any atom is 0.265 e. The summed E-state index contributed by atoms with van der Waals surface area (Å²) in [4.78, 5) is 3.44. The fourth-order valence-electron chi connectivity index (χ4n) is 0.758. The largest absolute Gasteiger partial charge is 0.397 e. The molecule has 1 aromatic heterocycles. The van der Waals surface area contributed by atoms with Crippen LogP contribution in [0.25, 0.3) is 0 Å². The van der Waals surface area contributed by atoms with Gasteiger partial charge in [-0.2, -0.15) is 0 Å². The number of nitrogens with two attached hydrogens (primary N) is 1. The number of nitrogens with zero attached hydrogens (tertiary/aromatic N) is 1. The summed E-state index contributed by atoms with van der Waals surface area (Å²) in [5.74, 6) is 0. The molecule has 0 spiro atoms. The summed E-state index contributed by atoms with van der Waals surface area (Å²) >= 11 is 0. The van der Waals surface area contributed by atoms with Crippen molar-refractivity contribution < 1.29 is 13.2 Å². The monoisotopic (exact) mass is 176 g/mol. The molecule has 1 heterocycles. The molecule has 2 nitrogen and oxygen atoms in total. The molecule has 0 amide bonds. The van der Waals surface area contributed by atoms with E-state index in [0.717, 1.165) is 12.3 Å². The highest BCUT2D eigenvalue weighted by Gasteiger charge is 2.09. The molecule has 0 saturated carbocycles. The molecule has 0 atom stereocenters. The van der Waals surface area contributed by atoms with Gasteiger partial charge in [0.25, 0.3) is 6.43 Å². The van der Waals surface area contributed by atoms with Crippen molar-refractivity contribution in [3.05, 3.63) is 23.5 Å². The number of halogens is 3. The van der Waals surface area contributed by atoms with Crippen LogP contribution in [0, 0.1) is 0 Å². The fourth-order valence-corrected chi connectivity index (χ4v) is 0.758. The Bertz CT molecular complexity index is 275. The maximum atomic E-state index is 12.0. The number of alkyl halides is 3. The number of hydrogen-bond donors (Lipinski definition) is 1. The molecule has 0 saturated heterocycles. The summed E-state index contributed by atoms with van der Waals surface area (Å²) < 4.78 is 36.0. The predicted octanol–water partition coefficient (Wildman–Crippen LogP) is 2.07. The molecule has 0 radical (unpaired) electrons. The van der Waals surface area contributed by atoms with Gasteiger partial charge in [0.15, 0.2) is 0 Å². The zero-order chi connectivity index (χ0) is 9.14. The van der Waals surface area contributed by atoms with Crippen molar-refractivity contribution in [2.24, 2.45) is 0 Å². The first-order valence-corrected chi connectivity index (χ1v) is 3.23. The van der Waals surface area contributed by atoms with Gasteiger partial charge in [-0.1, -0.05) is 0 Å². The number of pyridine rings is 1. The smallest absolute Gasteiger partial charge is 0.265 e. The first kappa shape index (κ1) is 8.83. The van der Waals surface area contributed by atoms with Crippen LogP contribution in [0.1, 0.15) is 17.7 Å². The third-order valence-electron chi connectivity index (χ3n) is 1.40. The van der Waals surface area contributed by atoms with E-state index in [1.807, 2.05) is 0 Å². The average Bonchev–Trinajstić information content (AvgIpc) is 2.04. The standard InChI is InChI=1S/C7H7F3N2/c8-2-6-5(11)1-4(3-12-6)7(9)10/h1,3,7H,2,11H2. The Morgan fingerprint density at radius 2 is 2.17 bits per heavy atom. The molecular formula is C7H7F3N2. The molecule has 0 fully saturated rings. The highest BCUT2D eigenvalue weighted by atomic mass is 19.3. The lowest BCUT2D eigenvalue weighted by Gasteiger charge is -2.02. The Morgan fingerprint density at radius 1 is 1.50 bits per heavy atom. The van der Waals surface area contributed by atoms with Crippen molar-refractivity contribution in [1.82, 2.24) is 4.98 Å². The van der Waals surface area contributed by atoms with Crippen molar-refractivity contribution in [2.45, 2.75) is 13.1 Å². The third-order valence-corrected chi connectivity index (χ3v) is 1.40. The molecule has 1 aromatic rings. The van der Waals surface area contributed by atoms with Gasteiger partial charge in [-0.15, -0.1) is 0 Å². The van der Waals surface area contributed by atoms with Gasteiger partial charge in [-0.3, -0.25) is 4.98 Å².